The quantitative estimate of drug-likeness (QED) is 0.746. The van der Waals surface area contributed by atoms with E-state index in [2.05, 4.69) is 5.32 Å². The van der Waals surface area contributed by atoms with Crippen LogP contribution in [0.25, 0.3) is 0 Å². The number of carbonyl (C=O) groups excluding carboxylic acids is 1. The monoisotopic (exact) mass is 333 g/mol. The molecule has 2 aliphatic rings. The fourth-order valence-corrected chi connectivity index (χ4v) is 4.57. The average molecular weight is 333 g/mol. The summed E-state index contributed by atoms with van der Waals surface area (Å²) in [5.41, 5.74) is 1.97. The molecule has 5 heteroatoms. The van der Waals surface area contributed by atoms with Gasteiger partial charge in [-0.3, -0.25) is 9.59 Å². The summed E-state index contributed by atoms with van der Waals surface area (Å²) in [6.45, 7) is 0. The molecule has 1 amide bonds. The Morgan fingerprint density at radius 3 is 2.65 bits per heavy atom. The third-order valence-corrected chi connectivity index (χ3v) is 5.91. The second-order valence-electron chi connectivity index (χ2n) is 6.52. The number of benzene rings is 1. The number of carboxylic acids is 1. The van der Waals surface area contributed by atoms with E-state index in [0.29, 0.717) is 17.6 Å². The van der Waals surface area contributed by atoms with E-state index in [1.54, 1.807) is 11.8 Å². The van der Waals surface area contributed by atoms with Crippen LogP contribution in [0.2, 0.25) is 0 Å². The minimum Gasteiger partial charge on any atom is -0.481 e. The van der Waals surface area contributed by atoms with Gasteiger partial charge in [-0.25, -0.2) is 0 Å². The Bertz CT molecular complexity index is 577. The summed E-state index contributed by atoms with van der Waals surface area (Å²) >= 11 is 1.60. The molecular formula is C18H23NO3S. The van der Waals surface area contributed by atoms with E-state index in [1.165, 1.54) is 25.7 Å². The van der Waals surface area contributed by atoms with Crippen molar-refractivity contribution in [2.75, 3.05) is 11.1 Å². The van der Waals surface area contributed by atoms with Crippen molar-refractivity contribution in [2.24, 2.45) is 17.8 Å². The maximum absolute atomic E-state index is 12.4. The van der Waals surface area contributed by atoms with Gasteiger partial charge >= 0.3 is 5.97 Å². The third-order valence-electron chi connectivity index (χ3n) is 4.88. The zero-order chi connectivity index (χ0) is 16.2. The van der Waals surface area contributed by atoms with Crippen molar-refractivity contribution in [1.29, 1.82) is 0 Å². The first kappa shape index (κ1) is 16.4. The van der Waals surface area contributed by atoms with Crippen molar-refractivity contribution in [3.05, 3.63) is 29.8 Å². The Morgan fingerprint density at radius 1 is 1.22 bits per heavy atom. The van der Waals surface area contributed by atoms with Crippen LogP contribution in [0.4, 0.5) is 5.69 Å². The van der Waals surface area contributed by atoms with E-state index >= 15 is 0 Å². The summed E-state index contributed by atoms with van der Waals surface area (Å²) in [5, 5.41) is 11.7. The minimum absolute atomic E-state index is 0.178. The Morgan fingerprint density at radius 2 is 1.96 bits per heavy atom. The molecular weight excluding hydrogens is 310 g/mol. The second kappa shape index (κ2) is 7.39. The second-order valence-corrected chi connectivity index (χ2v) is 7.63. The molecule has 2 atom stereocenters. The zero-order valence-electron chi connectivity index (χ0n) is 13.2. The van der Waals surface area contributed by atoms with Gasteiger partial charge in [0.15, 0.2) is 0 Å². The summed E-state index contributed by atoms with van der Waals surface area (Å²) in [6.07, 6.45) is 5.15. The predicted molar refractivity (Wildman–Crippen MR) is 92.4 cm³/mol. The maximum atomic E-state index is 12.4. The van der Waals surface area contributed by atoms with E-state index < -0.39 is 5.97 Å². The van der Waals surface area contributed by atoms with Gasteiger partial charge in [-0.1, -0.05) is 25.0 Å². The summed E-state index contributed by atoms with van der Waals surface area (Å²) in [4.78, 5) is 22.9. The van der Waals surface area contributed by atoms with Gasteiger partial charge in [0, 0.05) is 23.1 Å². The van der Waals surface area contributed by atoms with Crippen molar-refractivity contribution >= 4 is 29.3 Å². The molecule has 0 aromatic heterocycles. The number of fused-ring (bicyclic) bond motifs is 1. The highest BCUT2D eigenvalue weighted by molar-refractivity contribution is 7.98. The number of anilines is 1. The van der Waals surface area contributed by atoms with Gasteiger partial charge in [0.1, 0.15) is 0 Å². The lowest BCUT2D eigenvalue weighted by Gasteiger charge is -2.07. The number of hydrogen-bond acceptors (Lipinski definition) is 3. The maximum Gasteiger partial charge on any atom is 0.304 e. The van der Waals surface area contributed by atoms with E-state index in [-0.39, 0.29) is 18.2 Å². The van der Waals surface area contributed by atoms with Crippen LogP contribution in [0.15, 0.2) is 24.3 Å². The van der Waals surface area contributed by atoms with Gasteiger partial charge in [0.25, 0.3) is 0 Å². The Hall–Kier alpha value is -1.49. The molecule has 0 heterocycles. The fourth-order valence-electron chi connectivity index (χ4n) is 3.70. The molecule has 124 valence electrons. The molecule has 2 aliphatic carbocycles. The largest absolute Gasteiger partial charge is 0.481 e. The van der Waals surface area contributed by atoms with Gasteiger partial charge in [-0.2, -0.15) is 11.8 Å². The van der Waals surface area contributed by atoms with Crippen molar-refractivity contribution in [2.45, 2.75) is 37.9 Å². The predicted octanol–water partition coefficient (Wildman–Crippen LogP) is 3.77. The van der Waals surface area contributed by atoms with Crippen LogP contribution >= 0.6 is 11.8 Å². The number of carbonyl (C=O) groups is 2. The highest BCUT2D eigenvalue weighted by Crippen LogP contribution is 2.55. The number of nitrogens with one attached hydrogen (secondary N) is 1. The van der Waals surface area contributed by atoms with Crippen LogP contribution < -0.4 is 5.32 Å². The Balaban J connectivity index is 1.49. The van der Waals surface area contributed by atoms with Crippen molar-refractivity contribution in [3.8, 4) is 0 Å². The molecule has 2 fully saturated rings. The van der Waals surface area contributed by atoms with E-state index in [1.807, 2.05) is 24.3 Å². The fraction of sp³-hybridized carbons (Fsp3) is 0.556. The van der Waals surface area contributed by atoms with Crippen LogP contribution in [0.3, 0.4) is 0 Å². The third kappa shape index (κ3) is 4.28. The molecule has 1 aromatic rings. The normalized spacial score (nSPS) is 25.5. The smallest absolute Gasteiger partial charge is 0.304 e. The lowest BCUT2D eigenvalue weighted by atomic mass is 10.0. The standard InChI is InChI=1S/C18H23NO3S/c20-16(21)8-9-23-11-12-4-3-5-13(10-12)19-18(22)17-14-6-1-2-7-15(14)17/h3-5,10,14-15,17H,1-2,6-9,11H2,(H,19,22)(H,20,21). The zero-order valence-corrected chi connectivity index (χ0v) is 14.0. The molecule has 2 N–H and O–H groups in total. The molecule has 0 bridgehead atoms. The van der Waals surface area contributed by atoms with Crippen LogP contribution in [0, 0.1) is 17.8 Å². The first-order valence-electron chi connectivity index (χ1n) is 8.34. The van der Waals surface area contributed by atoms with Crippen molar-refractivity contribution in [1.82, 2.24) is 0 Å². The van der Waals surface area contributed by atoms with Crippen molar-refractivity contribution < 1.29 is 14.7 Å². The number of aliphatic carboxylic acids is 1. The SMILES string of the molecule is O=C(O)CCSCc1cccc(NC(=O)C2C3CCCCC32)c1. The first-order chi connectivity index (χ1) is 11.1. The summed E-state index contributed by atoms with van der Waals surface area (Å²) in [5.74, 6) is 2.27. The van der Waals surface area contributed by atoms with E-state index in [0.717, 1.165) is 17.0 Å². The number of carboxylic acid groups (broad SMARTS) is 1. The summed E-state index contributed by atoms with van der Waals surface area (Å²) < 4.78 is 0. The molecule has 0 radical (unpaired) electrons. The molecule has 0 spiro atoms. The average Bonchev–Trinajstić information content (AvgIpc) is 3.26. The van der Waals surface area contributed by atoms with Crippen molar-refractivity contribution in [3.63, 3.8) is 0 Å². The molecule has 4 nitrogen and oxygen atoms in total. The molecule has 0 aliphatic heterocycles. The van der Waals surface area contributed by atoms with Gasteiger partial charge in [0.05, 0.1) is 6.42 Å². The van der Waals surface area contributed by atoms with Gasteiger partial charge in [-0.05, 0) is 42.4 Å². The van der Waals surface area contributed by atoms with Gasteiger partial charge in [0.2, 0.25) is 5.91 Å². The minimum atomic E-state index is -0.760. The molecule has 0 saturated heterocycles. The molecule has 2 saturated carbocycles. The lowest BCUT2D eigenvalue weighted by Crippen LogP contribution is -2.15. The highest BCUT2D eigenvalue weighted by Gasteiger charge is 2.54. The molecule has 23 heavy (non-hydrogen) atoms. The number of amides is 1. The topological polar surface area (TPSA) is 66.4 Å². The van der Waals surface area contributed by atoms with Crippen LogP contribution in [-0.2, 0) is 15.3 Å². The van der Waals surface area contributed by atoms with Crippen LogP contribution in [-0.4, -0.2) is 22.7 Å². The number of hydrogen-bond donors (Lipinski definition) is 2. The Labute approximate surface area is 141 Å². The van der Waals surface area contributed by atoms with Gasteiger partial charge in [-0.15, -0.1) is 0 Å². The van der Waals surface area contributed by atoms with Gasteiger partial charge < -0.3 is 10.4 Å². The lowest BCUT2D eigenvalue weighted by molar-refractivity contribution is -0.136. The molecule has 3 rings (SSSR count). The van der Waals surface area contributed by atoms with E-state index in [9.17, 15) is 9.59 Å². The number of thioether (sulfide) groups is 1. The molecule has 1 aromatic carbocycles. The molecule has 2 unspecified atom stereocenters. The number of rotatable bonds is 7. The highest BCUT2D eigenvalue weighted by atomic mass is 32.2. The van der Waals surface area contributed by atoms with Crippen LogP contribution in [0.1, 0.15) is 37.7 Å². The summed E-state index contributed by atoms with van der Waals surface area (Å²) in [7, 11) is 0. The first-order valence-corrected chi connectivity index (χ1v) is 9.50. The summed E-state index contributed by atoms with van der Waals surface area (Å²) in [6, 6.07) is 7.88. The van der Waals surface area contributed by atoms with E-state index in [4.69, 9.17) is 5.11 Å². The Kier molecular flexibility index (Phi) is 5.26. The van der Waals surface area contributed by atoms with Crippen LogP contribution in [0.5, 0.6) is 0 Å².